The Labute approximate surface area is 201 Å². The highest BCUT2D eigenvalue weighted by molar-refractivity contribution is 5.94. The van der Waals surface area contributed by atoms with Crippen molar-refractivity contribution in [2.24, 2.45) is 0 Å². The number of halogens is 1. The molecule has 1 aliphatic heterocycles. The summed E-state index contributed by atoms with van der Waals surface area (Å²) in [7, 11) is 0. The number of rotatable bonds is 4. The number of H-pyrrole nitrogens is 2. The summed E-state index contributed by atoms with van der Waals surface area (Å²) in [6, 6.07) is 12.6. The minimum absolute atomic E-state index is 0.0215. The summed E-state index contributed by atoms with van der Waals surface area (Å²) in [6.07, 6.45) is 0.379. The van der Waals surface area contributed by atoms with Crippen molar-refractivity contribution in [3.05, 3.63) is 98.0 Å². The zero-order chi connectivity index (χ0) is 24.7. The van der Waals surface area contributed by atoms with Crippen LogP contribution in [0.15, 0.2) is 47.3 Å². The van der Waals surface area contributed by atoms with Crippen molar-refractivity contribution in [3.8, 4) is 11.4 Å². The maximum atomic E-state index is 14.7. The Balaban J connectivity index is 1.38. The number of aromatic nitrogens is 5. The molecule has 0 radical (unpaired) electrons. The molecule has 0 aliphatic carbocycles. The summed E-state index contributed by atoms with van der Waals surface area (Å²) < 4.78 is 16.8. The first-order valence-electron chi connectivity index (χ1n) is 11.5. The molecule has 2 aromatic heterocycles. The molecule has 3 heterocycles. The van der Waals surface area contributed by atoms with Crippen LogP contribution < -0.4 is 10.1 Å². The second-order valence-electron chi connectivity index (χ2n) is 8.98. The van der Waals surface area contributed by atoms with E-state index in [0.29, 0.717) is 37.3 Å². The van der Waals surface area contributed by atoms with E-state index in [1.165, 1.54) is 6.07 Å². The molecule has 0 saturated heterocycles. The lowest BCUT2D eigenvalue weighted by molar-refractivity contribution is -0.700. The number of aryl methyl sites for hydroxylation is 1. The van der Waals surface area contributed by atoms with E-state index in [9.17, 15) is 14.0 Å². The van der Waals surface area contributed by atoms with E-state index in [2.05, 4.69) is 31.0 Å². The Morgan fingerprint density at radius 1 is 1.09 bits per heavy atom. The summed E-state index contributed by atoms with van der Waals surface area (Å²) in [5.41, 5.74) is 4.76. The van der Waals surface area contributed by atoms with Gasteiger partial charge in [-0.2, -0.15) is 5.10 Å². The van der Waals surface area contributed by atoms with Crippen LogP contribution in [0.2, 0.25) is 0 Å². The van der Waals surface area contributed by atoms with Gasteiger partial charge in [-0.15, -0.1) is 5.10 Å². The van der Waals surface area contributed by atoms with Crippen molar-refractivity contribution in [2.75, 3.05) is 6.54 Å². The Morgan fingerprint density at radius 2 is 1.91 bits per heavy atom. The highest BCUT2D eigenvalue weighted by Gasteiger charge is 2.31. The number of fused-ring (bicyclic) bond motifs is 1. The van der Waals surface area contributed by atoms with Gasteiger partial charge in [-0.25, -0.2) is 14.1 Å². The average molecular weight is 474 g/mol. The number of hydrogen-bond acceptors (Lipinski definition) is 4. The van der Waals surface area contributed by atoms with Gasteiger partial charge in [0.1, 0.15) is 12.4 Å². The zero-order valence-corrected chi connectivity index (χ0v) is 19.9. The van der Waals surface area contributed by atoms with Crippen molar-refractivity contribution < 1.29 is 13.8 Å². The van der Waals surface area contributed by atoms with E-state index in [1.807, 2.05) is 32.0 Å². The number of carbonyl (C=O) groups is 1. The Bertz CT molecular complexity index is 1510. The predicted octanol–water partition coefficient (Wildman–Crippen LogP) is 2.76. The third-order valence-electron chi connectivity index (χ3n) is 6.63. The van der Waals surface area contributed by atoms with Crippen molar-refractivity contribution >= 4 is 5.91 Å². The van der Waals surface area contributed by atoms with E-state index >= 15 is 0 Å². The molecule has 0 unspecified atom stereocenters. The summed E-state index contributed by atoms with van der Waals surface area (Å²) in [6.45, 7) is 6.91. The van der Waals surface area contributed by atoms with Crippen molar-refractivity contribution in [3.63, 3.8) is 0 Å². The number of benzene rings is 2. The molecule has 178 valence electrons. The van der Waals surface area contributed by atoms with E-state index in [4.69, 9.17) is 0 Å². The van der Waals surface area contributed by atoms with Crippen LogP contribution in [0, 0.1) is 26.6 Å². The van der Waals surface area contributed by atoms with Crippen LogP contribution >= 0.6 is 0 Å². The van der Waals surface area contributed by atoms with E-state index in [-0.39, 0.29) is 17.0 Å². The van der Waals surface area contributed by atoms with Gasteiger partial charge in [0.15, 0.2) is 0 Å². The third kappa shape index (κ3) is 4.25. The van der Waals surface area contributed by atoms with Crippen molar-refractivity contribution in [1.29, 1.82) is 0 Å². The minimum atomic E-state index is -0.565. The second kappa shape index (κ2) is 8.90. The van der Waals surface area contributed by atoms with Gasteiger partial charge in [0.25, 0.3) is 17.3 Å². The van der Waals surface area contributed by atoms with Crippen LogP contribution in [-0.2, 0) is 19.5 Å². The maximum absolute atomic E-state index is 14.7. The predicted molar refractivity (Wildman–Crippen MR) is 127 cm³/mol. The lowest BCUT2D eigenvalue weighted by Crippen LogP contribution is -2.52. The number of hydrogen-bond donors (Lipinski definition) is 2. The summed E-state index contributed by atoms with van der Waals surface area (Å²) in [4.78, 5) is 26.7. The molecule has 0 bridgehead atoms. The fourth-order valence-corrected chi connectivity index (χ4v) is 4.44. The van der Waals surface area contributed by atoms with Gasteiger partial charge in [0, 0.05) is 17.1 Å². The van der Waals surface area contributed by atoms with Crippen molar-refractivity contribution in [1.82, 2.24) is 25.3 Å². The Hall–Kier alpha value is -4.14. The van der Waals surface area contributed by atoms with Crippen LogP contribution in [0.4, 0.5) is 4.39 Å². The fourth-order valence-electron chi connectivity index (χ4n) is 4.44. The summed E-state index contributed by atoms with van der Waals surface area (Å²) >= 11 is 0. The highest BCUT2D eigenvalue weighted by atomic mass is 19.1. The van der Waals surface area contributed by atoms with E-state index in [1.54, 1.807) is 24.0 Å². The SMILES string of the molecule is Cc1cccc(-c2n[nH]c3[n+]2CCN(C(=O)c2cc(Cc4n[nH]c(=O)c(C)c4C)ccc2F)C3)c1. The summed E-state index contributed by atoms with van der Waals surface area (Å²) in [5, 5.41) is 14.1. The van der Waals surface area contributed by atoms with Crippen molar-refractivity contribution in [2.45, 2.75) is 40.3 Å². The maximum Gasteiger partial charge on any atom is 0.308 e. The Morgan fingerprint density at radius 3 is 2.71 bits per heavy atom. The van der Waals surface area contributed by atoms with Gasteiger partial charge >= 0.3 is 5.82 Å². The molecule has 35 heavy (non-hydrogen) atoms. The molecule has 2 aromatic carbocycles. The molecule has 0 saturated carbocycles. The molecular weight excluding hydrogens is 447 g/mol. The molecule has 4 aromatic rings. The first-order valence-corrected chi connectivity index (χ1v) is 11.5. The monoisotopic (exact) mass is 473 g/mol. The number of nitrogens with one attached hydrogen (secondary N) is 2. The van der Waals surface area contributed by atoms with Gasteiger partial charge in [-0.05, 0) is 56.2 Å². The fraction of sp³-hybridized carbons (Fsp3) is 0.269. The lowest BCUT2D eigenvalue weighted by atomic mass is 10.0. The smallest absolute Gasteiger partial charge is 0.308 e. The molecular formula is C26H26FN6O2+. The highest BCUT2D eigenvalue weighted by Crippen LogP contribution is 2.21. The normalized spacial score (nSPS) is 13.1. The lowest BCUT2D eigenvalue weighted by Gasteiger charge is -2.25. The van der Waals surface area contributed by atoms with Gasteiger partial charge in [0.2, 0.25) is 0 Å². The van der Waals surface area contributed by atoms with Gasteiger partial charge in [0.05, 0.1) is 29.9 Å². The summed E-state index contributed by atoms with van der Waals surface area (Å²) in [5.74, 6) is 0.679. The first-order chi connectivity index (χ1) is 16.8. The largest absolute Gasteiger partial charge is 0.325 e. The average Bonchev–Trinajstić information content (AvgIpc) is 3.28. The van der Waals surface area contributed by atoms with Gasteiger partial charge < -0.3 is 4.90 Å². The van der Waals surface area contributed by atoms with Gasteiger partial charge in [-0.1, -0.05) is 23.8 Å². The molecule has 1 aliphatic rings. The first kappa shape index (κ1) is 22.6. The quantitative estimate of drug-likeness (QED) is 0.446. The molecule has 9 heteroatoms. The molecule has 1 amide bonds. The molecule has 0 fully saturated rings. The molecule has 8 nitrogen and oxygen atoms in total. The molecule has 0 atom stereocenters. The van der Waals surface area contributed by atoms with Crippen LogP contribution in [-0.4, -0.2) is 37.7 Å². The number of carbonyl (C=O) groups excluding carboxylic acids is 1. The molecule has 0 spiro atoms. The molecule has 5 rings (SSSR count). The van der Waals surface area contributed by atoms with Crippen LogP contribution in [0.25, 0.3) is 11.4 Å². The number of aromatic amines is 2. The van der Waals surface area contributed by atoms with E-state index < -0.39 is 5.82 Å². The van der Waals surface area contributed by atoms with Gasteiger partial charge in [-0.3, -0.25) is 9.59 Å². The molecule has 2 N–H and O–H groups in total. The van der Waals surface area contributed by atoms with E-state index in [0.717, 1.165) is 33.9 Å². The Kier molecular flexibility index (Phi) is 5.76. The minimum Gasteiger partial charge on any atom is -0.325 e. The van der Waals surface area contributed by atoms with Crippen LogP contribution in [0.5, 0.6) is 0 Å². The third-order valence-corrected chi connectivity index (χ3v) is 6.63. The van der Waals surface area contributed by atoms with Crippen LogP contribution in [0.3, 0.4) is 0 Å². The zero-order valence-electron chi connectivity index (χ0n) is 19.9. The number of amides is 1. The number of nitrogens with zero attached hydrogens (tertiary/aromatic N) is 4. The van der Waals surface area contributed by atoms with Crippen LogP contribution in [0.1, 0.15) is 44.1 Å². The standard InChI is InChI=1S/C26H25FN6O2/c1-15-5-4-6-19(11-15)24-30-29-23-14-32(9-10-33(23)24)26(35)20-12-18(7-8-21(20)27)13-22-16(2)17(3)25(34)31-28-22/h4-8,11-12H,9-10,13-14H2,1-3H3,(H,31,34)/p+1. The second-order valence-corrected chi connectivity index (χ2v) is 8.98. The topological polar surface area (TPSA) is 98.6 Å².